The monoisotopic (exact) mass is 464 g/mol. The van der Waals surface area contributed by atoms with E-state index in [1.165, 1.54) is 18.7 Å². The third kappa shape index (κ3) is 5.99. The average Bonchev–Trinajstić information content (AvgIpc) is 2.79. The largest absolute Gasteiger partial charge is 0.481 e. The molecule has 0 bridgehead atoms. The van der Waals surface area contributed by atoms with Crippen LogP contribution in [-0.4, -0.2) is 29.9 Å². The van der Waals surface area contributed by atoms with E-state index in [1.54, 1.807) is 55.6 Å². The number of benzene rings is 3. The Morgan fingerprint density at radius 1 is 0.879 bits per heavy atom. The fourth-order valence-electron chi connectivity index (χ4n) is 3.16. The second-order valence-electron chi connectivity index (χ2n) is 8.41. The fourth-order valence-corrected chi connectivity index (χ4v) is 3.29. The highest BCUT2D eigenvalue weighted by Crippen LogP contribution is 2.26. The molecule has 3 rings (SSSR count). The Balaban J connectivity index is 1.65. The number of nitrogens with zero attached hydrogens (tertiary/aromatic N) is 1. The lowest BCUT2D eigenvalue weighted by Gasteiger charge is -2.18. The van der Waals surface area contributed by atoms with E-state index in [9.17, 15) is 19.5 Å². The van der Waals surface area contributed by atoms with E-state index >= 15 is 0 Å². The molecule has 170 valence electrons. The van der Waals surface area contributed by atoms with Gasteiger partial charge in [-0.25, -0.2) is 4.79 Å². The molecule has 0 aliphatic heterocycles. The number of Topliss-reactive ketones (excluding diaryl/α,β-unsaturated/α-hetero) is 1. The number of aliphatic carboxylic acids is 1. The van der Waals surface area contributed by atoms with Gasteiger partial charge >= 0.3 is 12.0 Å². The lowest BCUT2D eigenvalue weighted by molar-refractivity contribution is -0.146. The number of nitrogens with one attached hydrogen (secondary N) is 1. The van der Waals surface area contributed by atoms with Crippen molar-refractivity contribution in [3.63, 3.8) is 0 Å². The van der Waals surface area contributed by atoms with Crippen molar-refractivity contribution in [3.8, 4) is 11.1 Å². The molecule has 2 N–H and O–H groups in total. The first kappa shape index (κ1) is 24.0. The highest BCUT2D eigenvalue weighted by atomic mass is 35.5. The number of carbonyl (C=O) groups is 3. The molecule has 0 unspecified atom stereocenters. The van der Waals surface area contributed by atoms with Crippen LogP contribution in [0.15, 0.2) is 72.8 Å². The van der Waals surface area contributed by atoms with E-state index in [-0.39, 0.29) is 18.2 Å². The van der Waals surface area contributed by atoms with E-state index < -0.39 is 11.4 Å². The topological polar surface area (TPSA) is 86.7 Å². The van der Waals surface area contributed by atoms with Crippen LogP contribution < -0.4 is 10.2 Å². The number of amides is 2. The molecule has 3 aromatic carbocycles. The minimum atomic E-state index is -1.11. The van der Waals surface area contributed by atoms with Gasteiger partial charge in [-0.05, 0) is 61.4 Å². The molecule has 0 saturated heterocycles. The summed E-state index contributed by atoms with van der Waals surface area (Å²) < 4.78 is 0. The number of hydrogen-bond donors (Lipinski definition) is 2. The molecule has 3 aromatic rings. The summed E-state index contributed by atoms with van der Waals surface area (Å²) in [6, 6.07) is 21.1. The summed E-state index contributed by atoms with van der Waals surface area (Å²) in [5, 5.41) is 12.7. The Morgan fingerprint density at radius 2 is 1.39 bits per heavy atom. The predicted octanol–water partition coefficient (Wildman–Crippen LogP) is 6.36. The minimum Gasteiger partial charge on any atom is -0.481 e. The van der Waals surface area contributed by atoms with E-state index in [0.29, 0.717) is 16.3 Å². The first-order valence-electron chi connectivity index (χ1n) is 10.3. The van der Waals surface area contributed by atoms with Crippen LogP contribution in [0.5, 0.6) is 0 Å². The Kier molecular flexibility index (Phi) is 7.19. The molecule has 7 heteroatoms. The van der Waals surface area contributed by atoms with Crippen molar-refractivity contribution in [1.82, 2.24) is 0 Å². The van der Waals surface area contributed by atoms with Gasteiger partial charge in [0.05, 0.1) is 5.41 Å². The van der Waals surface area contributed by atoms with E-state index in [0.717, 1.165) is 16.8 Å². The van der Waals surface area contributed by atoms with Crippen LogP contribution in [0.25, 0.3) is 11.1 Å². The molecule has 0 aromatic heterocycles. The molecule has 0 aliphatic carbocycles. The highest BCUT2D eigenvalue weighted by molar-refractivity contribution is 6.30. The highest BCUT2D eigenvalue weighted by Gasteiger charge is 2.30. The molecule has 2 amide bonds. The number of carbonyl (C=O) groups excluding carboxylic acids is 2. The van der Waals surface area contributed by atoms with Crippen LogP contribution in [0.2, 0.25) is 5.02 Å². The number of anilines is 2. The van der Waals surface area contributed by atoms with Gasteiger partial charge in [-0.15, -0.1) is 0 Å². The van der Waals surface area contributed by atoms with Crippen LogP contribution >= 0.6 is 11.6 Å². The molecule has 6 nitrogen and oxygen atoms in total. The van der Waals surface area contributed by atoms with E-state index in [4.69, 9.17) is 11.6 Å². The van der Waals surface area contributed by atoms with Gasteiger partial charge in [-0.2, -0.15) is 0 Å². The fraction of sp³-hybridized carbons (Fsp3) is 0.192. The van der Waals surface area contributed by atoms with Gasteiger partial charge < -0.3 is 10.4 Å². The SMILES string of the molecule is CN(C(=O)Nc1ccc(-c2ccc(C(=O)CC(C)(C)C(=O)O)cc2)cc1)c1ccc(Cl)cc1. The number of hydrogen-bond acceptors (Lipinski definition) is 3. The maximum atomic E-state index is 12.5. The molecule has 0 heterocycles. The van der Waals surface area contributed by atoms with Gasteiger partial charge in [0.2, 0.25) is 0 Å². The summed E-state index contributed by atoms with van der Waals surface area (Å²) in [5.74, 6) is -1.21. The molecule has 0 atom stereocenters. The van der Waals surface area contributed by atoms with Crippen molar-refractivity contribution in [2.75, 3.05) is 17.3 Å². The van der Waals surface area contributed by atoms with Gasteiger partial charge in [0.25, 0.3) is 0 Å². The summed E-state index contributed by atoms with van der Waals surface area (Å²) in [4.78, 5) is 37.7. The molecule has 33 heavy (non-hydrogen) atoms. The Bertz CT molecular complexity index is 1150. The molecule has 0 spiro atoms. The van der Waals surface area contributed by atoms with E-state index in [2.05, 4.69) is 5.32 Å². The van der Waals surface area contributed by atoms with Crippen molar-refractivity contribution in [2.24, 2.45) is 5.41 Å². The van der Waals surface area contributed by atoms with Crippen molar-refractivity contribution < 1.29 is 19.5 Å². The zero-order valence-corrected chi connectivity index (χ0v) is 19.4. The maximum absolute atomic E-state index is 12.5. The number of rotatable bonds is 7. The lowest BCUT2D eigenvalue weighted by atomic mass is 9.85. The van der Waals surface area contributed by atoms with E-state index in [1.807, 2.05) is 24.3 Å². The van der Waals surface area contributed by atoms with Crippen LogP contribution in [0.1, 0.15) is 30.6 Å². The Labute approximate surface area is 197 Å². The molecule has 0 aliphatic rings. The second-order valence-corrected chi connectivity index (χ2v) is 8.85. The van der Waals surface area contributed by atoms with Crippen LogP contribution in [0.3, 0.4) is 0 Å². The summed E-state index contributed by atoms with van der Waals surface area (Å²) in [6.07, 6.45) is -0.0689. The second kappa shape index (κ2) is 9.88. The summed E-state index contributed by atoms with van der Waals surface area (Å²) in [5.41, 5.74) is 2.55. The smallest absolute Gasteiger partial charge is 0.326 e. The summed E-state index contributed by atoms with van der Waals surface area (Å²) >= 11 is 5.89. The third-order valence-electron chi connectivity index (χ3n) is 5.38. The quantitative estimate of drug-likeness (QED) is 0.398. The van der Waals surface area contributed by atoms with Gasteiger partial charge in [-0.3, -0.25) is 14.5 Å². The normalized spacial score (nSPS) is 11.0. The van der Waals surface area contributed by atoms with Crippen molar-refractivity contribution in [1.29, 1.82) is 0 Å². The average molecular weight is 465 g/mol. The first-order chi connectivity index (χ1) is 15.6. The third-order valence-corrected chi connectivity index (χ3v) is 5.63. The number of ketones is 1. The molecule has 0 saturated carbocycles. The Hall–Kier alpha value is -3.64. The van der Waals surface area contributed by atoms with Crippen LogP contribution in [0.4, 0.5) is 16.2 Å². The maximum Gasteiger partial charge on any atom is 0.326 e. The predicted molar refractivity (Wildman–Crippen MR) is 131 cm³/mol. The number of carboxylic acids is 1. The van der Waals surface area contributed by atoms with Gasteiger partial charge in [0.1, 0.15) is 0 Å². The lowest BCUT2D eigenvalue weighted by Crippen LogP contribution is -2.31. The van der Waals surface area contributed by atoms with Crippen LogP contribution in [0, 0.1) is 5.41 Å². The number of urea groups is 1. The van der Waals surface area contributed by atoms with Gasteiger partial charge in [0, 0.05) is 35.4 Å². The van der Waals surface area contributed by atoms with Crippen molar-refractivity contribution >= 4 is 40.8 Å². The standard InChI is InChI=1S/C26H25ClN2O4/c1-26(2,24(31)32)16-23(30)19-6-4-17(5-7-19)18-8-12-21(13-9-18)28-25(33)29(3)22-14-10-20(27)11-15-22/h4-15H,16H2,1-3H3,(H,28,33)(H,31,32). The van der Waals surface area contributed by atoms with Gasteiger partial charge in [0.15, 0.2) is 5.78 Å². The molecule has 0 fully saturated rings. The molecule has 0 radical (unpaired) electrons. The van der Waals surface area contributed by atoms with Crippen molar-refractivity contribution in [3.05, 3.63) is 83.4 Å². The Morgan fingerprint density at radius 3 is 1.91 bits per heavy atom. The molecular formula is C26H25ClN2O4. The summed E-state index contributed by atoms with van der Waals surface area (Å²) in [7, 11) is 1.67. The first-order valence-corrected chi connectivity index (χ1v) is 10.7. The van der Waals surface area contributed by atoms with Crippen molar-refractivity contribution in [2.45, 2.75) is 20.3 Å². The molecular weight excluding hydrogens is 440 g/mol. The number of halogens is 1. The minimum absolute atomic E-state index is 0.0689. The number of carboxylic acid groups (broad SMARTS) is 1. The summed E-state index contributed by atoms with van der Waals surface area (Å²) in [6.45, 7) is 3.07. The van der Waals surface area contributed by atoms with Gasteiger partial charge in [-0.1, -0.05) is 48.0 Å². The van der Waals surface area contributed by atoms with Crippen LogP contribution in [-0.2, 0) is 4.79 Å². The zero-order chi connectivity index (χ0) is 24.2. The zero-order valence-electron chi connectivity index (χ0n) is 18.6.